The summed E-state index contributed by atoms with van der Waals surface area (Å²) in [6, 6.07) is 10.7. The highest BCUT2D eigenvalue weighted by Crippen LogP contribution is 2.47. The highest BCUT2D eigenvalue weighted by atomic mass is 16.5. The zero-order valence-corrected chi connectivity index (χ0v) is 18.9. The van der Waals surface area contributed by atoms with Gasteiger partial charge in [-0.05, 0) is 54.7 Å². The van der Waals surface area contributed by atoms with Crippen LogP contribution in [0.3, 0.4) is 0 Å². The van der Waals surface area contributed by atoms with E-state index in [0.29, 0.717) is 30.6 Å². The highest BCUT2D eigenvalue weighted by molar-refractivity contribution is 5.97. The lowest BCUT2D eigenvalue weighted by Gasteiger charge is -2.41. The second-order valence-electron chi connectivity index (χ2n) is 9.52. The van der Waals surface area contributed by atoms with Crippen molar-refractivity contribution in [2.75, 3.05) is 37.4 Å². The monoisotopic (exact) mass is 443 g/mol. The molecule has 2 aromatic heterocycles. The third-order valence-electron chi connectivity index (χ3n) is 7.29. The number of anilines is 2. The molecule has 0 unspecified atom stereocenters. The third kappa shape index (κ3) is 3.65. The molecule has 1 atom stereocenters. The van der Waals surface area contributed by atoms with E-state index < -0.39 is 0 Å². The van der Waals surface area contributed by atoms with E-state index in [1.165, 1.54) is 12.5 Å². The number of aromatic nitrogens is 2. The van der Waals surface area contributed by atoms with E-state index in [4.69, 9.17) is 15.5 Å². The first-order valence-corrected chi connectivity index (χ1v) is 11.9. The number of hydrogen-bond donors (Lipinski definition) is 1. The van der Waals surface area contributed by atoms with E-state index in [0.717, 1.165) is 60.3 Å². The third-order valence-corrected chi connectivity index (χ3v) is 7.29. The fourth-order valence-corrected chi connectivity index (χ4v) is 5.26. The fraction of sp³-hybridized carbons (Fsp3) is 0.423. The molecule has 170 valence electrons. The number of carbonyl (C=O) groups is 1. The molecule has 3 aliphatic rings. The summed E-state index contributed by atoms with van der Waals surface area (Å²) in [7, 11) is 1.46. The Balaban J connectivity index is 1.39. The van der Waals surface area contributed by atoms with Crippen molar-refractivity contribution < 1.29 is 9.53 Å². The minimum atomic E-state index is -0.230. The van der Waals surface area contributed by atoms with Gasteiger partial charge in [0, 0.05) is 48.9 Å². The van der Waals surface area contributed by atoms with Crippen LogP contribution in [-0.4, -0.2) is 53.7 Å². The van der Waals surface area contributed by atoms with Crippen molar-refractivity contribution >= 4 is 28.4 Å². The normalized spacial score (nSPS) is 20.8. The first-order chi connectivity index (χ1) is 16.1. The average Bonchev–Trinajstić information content (AvgIpc) is 3.76. The van der Waals surface area contributed by atoms with E-state index in [-0.39, 0.29) is 12.1 Å². The van der Waals surface area contributed by atoms with Gasteiger partial charge in [0.15, 0.2) is 5.82 Å². The van der Waals surface area contributed by atoms with Crippen LogP contribution in [0.4, 0.5) is 16.3 Å². The first-order valence-electron chi connectivity index (χ1n) is 11.9. The number of hydrogen-bond acceptors (Lipinski definition) is 6. The summed E-state index contributed by atoms with van der Waals surface area (Å²) in [6.07, 6.45) is 8.17. The number of benzene rings is 1. The van der Waals surface area contributed by atoms with Crippen LogP contribution in [0, 0.1) is 5.92 Å². The predicted octanol–water partition coefficient (Wildman–Crippen LogP) is 4.42. The molecule has 3 fully saturated rings. The molecule has 7 heteroatoms. The number of fused-ring (bicyclic) bond motifs is 1. The number of piperazine rings is 1. The maximum Gasteiger partial charge on any atom is 0.409 e. The van der Waals surface area contributed by atoms with E-state index in [9.17, 15) is 4.79 Å². The summed E-state index contributed by atoms with van der Waals surface area (Å²) in [6.45, 7) is 2.09. The van der Waals surface area contributed by atoms with Gasteiger partial charge in [-0.3, -0.25) is 4.98 Å². The van der Waals surface area contributed by atoms with Gasteiger partial charge in [0.05, 0.1) is 24.5 Å². The van der Waals surface area contributed by atoms with Crippen molar-refractivity contribution in [2.45, 2.75) is 37.6 Å². The molecule has 0 spiro atoms. The number of amides is 1. The number of nitrogens with zero attached hydrogens (tertiary/aromatic N) is 4. The molecule has 0 bridgehead atoms. The van der Waals surface area contributed by atoms with Crippen molar-refractivity contribution in [3.63, 3.8) is 0 Å². The number of rotatable bonds is 4. The molecule has 1 saturated heterocycles. The van der Waals surface area contributed by atoms with Crippen LogP contribution in [0.2, 0.25) is 0 Å². The molecule has 2 N–H and O–H groups in total. The van der Waals surface area contributed by atoms with Gasteiger partial charge in [-0.2, -0.15) is 0 Å². The molecule has 2 saturated carbocycles. The quantitative estimate of drug-likeness (QED) is 0.642. The van der Waals surface area contributed by atoms with Gasteiger partial charge in [-0.25, -0.2) is 9.78 Å². The molecule has 3 aromatic rings. The summed E-state index contributed by atoms with van der Waals surface area (Å²) in [5.41, 5.74) is 10.8. The smallest absolute Gasteiger partial charge is 0.409 e. The minimum Gasteiger partial charge on any atom is -0.453 e. The van der Waals surface area contributed by atoms with Gasteiger partial charge in [0.2, 0.25) is 0 Å². The predicted molar refractivity (Wildman–Crippen MR) is 129 cm³/mol. The SMILES string of the molecule is COC(=O)N1CCN(c2nc(C3CC3)c(-c3cccc4cnccc34)cc2N)C[C@H]1C1CC1. The van der Waals surface area contributed by atoms with Crippen LogP contribution in [0.5, 0.6) is 0 Å². The maximum absolute atomic E-state index is 12.3. The van der Waals surface area contributed by atoms with Crippen molar-refractivity contribution in [3.05, 3.63) is 48.4 Å². The molecule has 0 radical (unpaired) electrons. The summed E-state index contributed by atoms with van der Waals surface area (Å²) in [4.78, 5) is 26.0. The first kappa shape index (κ1) is 20.3. The van der Waals surface area contributed by atoms with E-state index in [2.05, 4.69) is 40.2 Å². The standard InChI is InChI=1S/C26H29N5O2/c1-33-26(32)31-12-11-30(15-23(31)16-5-6-16)25-22(27)13-21(24(29-25)17-7-8-17)20-4-2-3-18-14-28-10-9-19(18)20/h2-4,9-10,13-14,16-17,23H,5-8,11-12,15,27H2,1H3/t23-/m0/s1. The van der Waals surface area contributed by atoms with E-state index >= 15 is 0 Å². The summed E-state index contributed by atoms with van der Waals surface area (Å²) >= 11 is 0. The van der Waals surface area contributed by atoms with Crippen LogP contribution in [0.25, 0.3) is 21.9 Å². The van der Waals surface area contributed by atoms with Crippen LogP contribution < -0.4 is 10.6 Å². The topological polar surface area (TPSA) is 84.6 Å². The Kier molecular flexibility index (Phi) is 4.85. The van der Waals surface area contributed by atoms with Crippen LogP contribution in [0.15, 0.2) is 42.7 Å². The molecule has 7 nitrogen and oxygen atoms in total. The summed E-state index contributed by atoms with van der Waals surface area (Å²) in [5.74, 6) is 1.88. The van der Waals surface area contributed by atoms with Gasteiger partial charge in [0.25, 0.3) is 0 Å². The Bertz CT molecular complexity index is 1220. The lowest BCUT2D eigenvalue weighted by Crippen LogP contribution is -2.56. The Morgan fingerprint density at radius 1 is 1.12 bits per heavy atom. The largest absolute Gasteiger partial charge is 0.453 e. The number of pyridine rings is 2. The van der Waals surface area contributed by atoms with Crippen LogP contribution in [0.1, 0.15) is 37.3 Å². The molecular formula is C26H29N5O2. The molecule has 3 heterocycles. The van der Waals surface area contributed by atoms with Gasteiger partial charge in [-0.15, -0.1) is 0 Å². The summed E-state index contributed by atoms with van der Waals surface area (Å²) in [5, 5.41) is 2.29. The van der Waals surface area contributed by atoms with E-state index in [1.807, 2.05) is 17.3 Å². The maximum atomic E-state index is 12.3. The Morgan fingerprint density at radius 2 is 1.97 bits per heavy atom. The van der Waals surface area contributed by atoms with Crippen molar-refractivity contribution in [2.24, 2.45) is 5.92 Å². The number of methoxy groups -OCH3 is 1. The number of nitrogens with two attached hydrogens (primary N) is 1. The average molecular weight is 444 g/mol. The van der Waals surface area contributed by atoms with Gasteiger partial charge >= 0.3 is 6.09 Å². The molecule has 2 aliphatic carbocycles. The Hall–Kier alpha value is -3.35. The molecule has 6 rings (SSSR count). The number of carbonyl (C=O) groups excluding carboxylic acids is 1. The van der Waals surface area contributed by atoms with Crippen molar-refractivity contribution in [1.29, 1.82) is 0 Å². The zero-order valence-electron chi connectivity index (χ0n) is 18.9. The molecule has 1 aliphatic heterocycles. The second-order valence-corrected chi connectivity index (χ2v) is 9.52. The zero-order chi connectivity index (χ0) is 22.5. The second kappa shape index (κ2) is 7.90. The molecule has 1 amide bonds. The molecule has 33 heavy (non-hydrogen) atoms. The van der Waals surface area contributed by atoms with E-state index in [1.54, 1.807) is 0 Å². The number of nitrogen functional groups attached to an aromatic ring is 1. The lowest BCUT2D eigenvalue weighted by molar-refractivity contribution is 0.0934. The Labute approximate surface area is 193 Å². The highest BCUT2D eigenvalue weighted by Gasteiger charge is 2.42. The van der Waals surface area contributed by atoms with Gasteiger partial charge in [0.1, 0.15) is 0 Å². The molecular weight excluding hydrogens is 414 g/mol. The van der Waals surface area contributed by atoms with Crippen molar-refractivity contribution in [3.8, 4) is 11.1 Å². The lowest BCUT2D eigenvalue weighted by atomic mass is 9.96. The number of ether oxygens (including phenoxy) is 1. The summed E-state index contributed by atoms with van der Waals surface area (Å²) < 4.78 is 5.04. The van der Waals surface area contributed by atoms with Gasteiger partial charge in [-0.1, -0.05) is 18.2 Å². The van der Waals surface area contributed by atoms with Crippen LogP contribution in [-0.2, 0) is 4.74 Å². The fourth-order valence-electron chi connectivity index (χ4n) is 5.26. The Morgan fingerprint density at radius 3 is 2.73 bits per heavy atom. The minimum absolute atomic E-state index is 0.155. The van der Waals surface area contributed by atoms with Crippen molar-refractivity contribution in [1.82, 2.24) is 14.9 Å². The molecule has 1 aromatic carbocycles. The van der Waals surface area contributed by atoms with Gasteiger partial charge < -0.3 is 20.3 Å². The van der Waals surface area contributed by atoms with Crippen LogP contribution >= 0.6 is 0 Å².